The summed E-state index contributed by atoms with van der Waals surface area (Å²) in [6.07, 6.45) is 0. The van der Waals surface area contributed by atoms with Gasteiger partial charge in [-0.05, 0) is 126 Å². The van der Waals surface area contributed by atoms with Crippen molar-refractivity contribution in [1.82, 2.24) is 4.57 Å². The third-order valence-electron chi connectivity index (χ3n) is 9.00. The van der Waals surface area contributed by atoms with Gasteiger partial charge in [-0.2, -0.15) is 0 Å². The van der Waals surface area contributed by atoms with Crippen LogP contribution < -0.4 is 5.32 Å². The van der Waals surface area contributed by atoms with Crippen LogP contribution in [0.25, 0.3) is 60.5 Å². The molecule has 0 aliphatic heterocycles. The molecular weight excluding hydrogens is 544 g/mol. The van der Waals surface area contributed by atoms with E-state index in [9.17, 15) is 0 Å². The summed E-state index contributed by atoms with van der Waals surface area (Å²) in [6, 6.07) is 52.8. The molecule has 7 aromatic carbocycles. The molecule has 0 aliphatic carbocycles. The molecule has 0 unspecified atom stereocenters. The largest absolute Gasteiger partial charge is 0.356 e. The van der Waals surface area contributed by atoms with E-state index >= 15 is 0 Å². The molecule has 0 amide bonds. The number of rotatable bonds is 5. The van der Waals surface area contributed by atoms with Gasteiger partial charge in [0.05, 0.1) is 11.0 Å². The van der Waals surface area contributed by atoms with Gasteiger partial charge in [-0.3, -0.25) is 0 Å². The van der Waals surface area contributed by atoms with Gasteiger partial charge in [-0.25, -0.2) is 0 Å². The number of benzene rings is 7. The topological polar surface area (TPSA) is 17.0 Å². The lowest BCUT2D eigenvalue weighted by Gasteiger charge is -2.12. The van der Waals surface area contributed by atoms with Crippen molar-refractivity contribution in [1.29, 1.82) is 0 Å². The van der Waals surface area contributed by atoms with E-state index in [-0.39, 0.29) is 0 Å². The molecule has 0 aliphatic rings. The summed E-state index contributed by atoms with van der Waals surface area (Å²) in [5.41, 5.74) is 14.7. The minimum absolute atomic E-state index is 1.07. The van der Waals surface area contributed by atoms with Crippen LogP contribution in [-0.4, -0.2) is 4.57 Å². The van der Waals surface area contributed by atoms with Crippen molar-refractivity contribution < 1.29 is 0 Å². The highest BCUT2D eigenvalue weighted by molar-refractivity contribution is 6.11. The van der Waals surface area contributed by atoms with Crippen molar-refractivity contribution in [3.8, 4) is 27.9 Å². The number of aromatic nitrogens is 1. The molecule has 8 aromatic rings. The standard InChI is InChI=1S/C43H34N2/c1-28-23-29(2)43(30(3)24-28)35-17-21-41-39(26-35)40-27-37(20-22-42(40)45(41)38-11-5-4-6-12-38)44-36-18-15-32(16-19-36)34-14-13-31-9-7-8-10-33(31)25-34/h4-27,44H,1-3H3. The Labute approximate surface area is 264 Å². The monoisotopic (exact) mass is 578 g/mol. The predicted molar refractivity (Wildman–Crippen MR) is 193 cm³/mol. The quantitative estimate of drug-likeness (QED) is 0.215. The number of anilines is 2. The van der Waals surface area contributed by atoms with Gasteiger partial charge >= 0.3 is 0 Å². The molecule has 1 N–H and O–H groups in total. The summed E-state index contributed by atoms with van der Waals surface area (Å²) in [7, 11) is 0. The van der Waals surface area contributed by atoms with E-state index in [1.54, 1.807) is 0 Å². The Hall–Kier alpha value is -5.60. The smallest absolute Gasteiger partial charge is 0.0542 e. The lowest BCUT2D eigenvalue weighted by atomic mass is 9.93. The Bertz CT molecular complexity index is 2340. The highest BCUT2D eigenvalue weighted by atomic mass is 15.0. The van der Waals surface area contributed by atoms with E-state index < -0.39 is 0 Å². The number of hydrogen-bond acceptors (Lipinski definition) is 1. The molecule has 0 saturated heterocycles. The summed E-state index contributed by atoms with van der Waals surface area (Å²) < 4.78 is 2.38. The fraction of sp³-hybridized carbons (Fsp3) is 0.0698. The summed E-state index contributed by atoms with van der Waals surface area (Å²) in [5, 5.41) is 8.69. The van der Waals surface area contributed by atoms with Crippen LogP contribution in [0.4, 0.5) is 11.4 Å². The Morgan fingerprint density at radius 2 is 1.04 bits per heavy atom. The van der Waals surface area contributed by atoms with Crippen LogP contribution in [0.15, 0.2) is 146 Å². The number of nitrogens with one attached hydrogen (secondary N) is 1. The van der Waals surface area contributed by atoms with E-state index in [4.69, 9.17) is 0 Å². The highest BCUT2D eigenvalue weighted by Crippen LogP contribution is 2.38. The van der Waals surface area contributed by atoms with Crippen LogP contribution in [0.1, 0.15) is 16.7 Å². The molecule has 216 valence electrons. The maximum absolute atomic E-state index is 3.68. The normalized spacial score (nSPS) is 11.4. The lowest BCUT2D eigenvalue weighted by molar-refractivity contribution is 1.18. The second kappa shape index (κ2) is 10.8. The van der Waals surface area contributed by atoms with E-state index in [2.05, 4.69) is 176 Å². The third-order valence-corrected chi connectivity index (χ3v) is 9.00. The first-order valence-corrected chi connectivity index (χ1v) is 15.6. The van der Waals surface area contributed by atoms with Crippen molar-refractivity contribution in [2.45, 2.75) is 20.8 Å². The van der Waals surface area contributed by atoms with Gasteiger partial charge in [0, 0.05) is 27.8 Å². The maximum Gasteiger partial charge on any atom is 0.0542 e. The summed E-state index contributed by atoms with van der Waals surface area (Å²) in [4.78, 5) is 0. The van der Waals surface area contributed by atoms with Crippen LogP contribution in [0, 0.1) is 20.8 Å². The van der Waals surface area contributed by atoms with Gasteiger partial charge in [0.2, 0.25) is 0 Å². The van der Waals surface area contributed by atoms with Gasteiger partial charge in [-0.15, -0.1) is 0 Å². The maximum atomic E-state index is 3.68. The molecule has 1 heterocycles. The molecule has 1 aromatic heterocycles. The number of nitrogens with zero attached hydrogens (tertiary/aromatic N) is 1. The Balaban J connectivity index is 1.20. The van der Waals surface area contributed by atoms with Crippen molar-refractivity contribution in [3.63, 3.8) is 0 Å². The Kier molecular flexibility index (Phi) is 6.50. The summed E-state index contributed by atoms with van der Waals surface area (Å²) >= 11 is 0. The first-order valence-electron chi connectivity index (χ1n) is 15.6. The van der Waals surface area contributed by atoms with Crippen LogP contribution in [-0.2, 0) is 0 Å². The van der Waals surface area contributed by atoms with Crippen molar-refractivity contribution in [3.05, 3.63) is 162 Å². The average Bonchev–Trinajstić information content (AvgIpc) is 3.38. The Morgan fingerprint density at radius 3 is 1.80 bits per heavy atom. The zero-order valence-electron chi connectivity index (χ0n) is 25.8. The van der Waals surface area contributed by atoms with E-state index in [1.807, 2.05) is 0 Å². The number of para-hydroxylation sites is 1. The highest BCUT2D eigenvalue weighted by Gasteiger charge is 2.16. The average molecular weight is 579 g/mol. The molecule has 45 heavy (non-hydrogen) atoms. The van der Waals surface area contributed by atoms with Crippen LogP contribution in [0.2, 0.25) is 0 Å². The van der Waals surface area contributed by atoms with Gasteiger partial charge < -0.3 is 9.88 Å². The molecule has 2 heteroatoms. The lowest BCUT2D eigenvalue weighted by Crippen LogP contribution is -1.94. The fourth-order valence-electron chi connectivity index (χ4n) is 7.03. The molecule has 0 spiro atoms. The molecule has 8 rings (SSSR count). The second-order valence-electron chi connectivity index (χ2n) is 12.2. The first-order chi connectivity index (χ1) is 22.0. The minimum Gasteiger partial charge on any atom is -0.356 e. The van der Waals surface area contributed by atoms with Crippen LogP contribution in [0.3, 0.4) is 0 Å². The molecular formula is C43H34N2. The van der Waals surface area contributed by atoms with Crippen molar-refractivity contribution in [2.24, 2.45) is 0 Å². The van der Waals surface area contributed by atoms with Gasteiger partial charge in [0.15, 0.2) is 0 Å². The molecule has 0 bridgehead atoms. The van der Waals surface area contributed by atoms with Crippen LogP contribution >= 0.6 is 0 Å². The van der Waals surface area contributed by atoms with Gasteiger partial charge in [0.1, 0.15) is 0 Å². The number of fused-ring (bicyclic) bond motifs is 4. The molecule has 0 saturated carbocycles. The zero-order valence-corrected chi connectivity index (χ0v) is 25.8. The molecule has 0 atom stereocenters. The summed E-state index contributed by atoms with van der Waals surface area (Å²) in [6.45, 7) is 6.62. The fourth-order valence-corrected chi connectivity index (χ4v) is 7.03. The van der Waals surface area contributed by atoms with Crippen molar-refractivity contribution >= 4 is 44.0 Å². The first kappa shape index (κ1) is 27.0. The van der Waals surface area contributed by atoms with Crippen LogP contribution in [0.5, 0.6) is 0 Å². The molecule has 2 nitrogen and oxygen atoms in total. The predicted octanol–water partition coefficient (Wildman–Crippen LogP) is 11.9. The van der Waals surface area contributed by atoms with Gasteiger partial charge in [0.25, 0.3) is 0 Å². The SMILES string of the molecule is Cc1cc(C)c(-c2ccc3c(c2)c2cc(Nc4ccc(-c5ccc6ccccc6c5)cc4)ccc2n3-c2ccccc2)c(C)c1. The van der Waals surface area contributed by atoms with Crippen molar-refractivity contribution in [2.75, 3.05) is 5.32 Å². The molecule has 0 radical (unpaired) electrons. The van der Waals surface area contributed by atoms with E-state index in [0.29, 0.717) is 0 Å². The van der Waals surface area contributed by atoms with E-state index in [1.165, 1.54) is 71.5 Å². The summed E-state index contributed by atoms with van der Waals surface area (Å²) in [5.74, 6) is 0. The third kappa shape index (κ3) is 4.85. The molecule has 0 fully saturated rings. The number of aryl methyl sites for hydroxylation is 3. The minimum atomic E-state index is 1.07. The van der Waals surface area contributed by atoms with E-state index in [0.717, 1.165) is 17.1 Å². The zero-order chi connectivity index (χ0) is 30.5. The second-order valence-corrected chi connectivity index (χ2v) is 12.2. The Morgan fingerprint density at radius 1 is 0.444 bits per heavy atom. The number of hydrogen-bond donors (Lipinski definition) is 1. The van der Waals surface area contributed by atoms with Gasteiger partial charge in [-0.1, -0.05) is 90.5 Å².